The van der Waals surface area contributed by atoms with Crippen LogP contribution in [-0.2, 0) is 17.8 Å². The molecule has 0 aliphatic carbocycles. The summed E-state index contributed by atoms with van der Waals surface area (Å²) in [7, 11) is 3.78. The molecule has 6 heteroatoms. The molecule has 1 amide bonds. The van der Waals surface area contributed by atoms with Crippen LogP contribution in [0.5, 0.6) is 0 Å². The second kappa shape index (κ2) is 9.82. The molecule has 2 aromatic carbocycles. The molecule has 26 heavy (non-hydrogen) atoms. The summed E-state index contributed by atoms with van der Waals surface area (Å²) in [6, 6.07) is 15.7. The quantitative estimate of drug-likeness (QED) is 0.602. The second-order valence-corrected chi connectivity index (χ2v) is 6.52. The van der Waals surface area contributed by atoms with Crippen LogP contribution in [0.25, 0.3) is 0 Å². The first-order valence-electron chi connectivity index (χ1n) is 8.50. The molecule has 0 saturated heterocycles. The van der Waals surface area contributed by atoms with Crippen LogP contribution < -0.4 is 10.6 Å². The molecule has 2 rings (SSSR count). The SMILES string of the molecule is CN=C(NCCc1ccc(NC(C)=O)cc1)N(C)Cc1cccc(Cl)c1. The van der Waals surface area contributed by atoms with Crippen LogP contribution >= 0.6 is 11.6 Å². The monoisotopic (exact) mass is 372 g/mol. The number of aliphatic imine (C=N–C) groups is 1. The molecule has 2 N–H and O–H groups in total. The molecule has 0 heterocycles. The lowest BCUT2D eigenvalue weighted by Gasteiger charge is -2.22. The zero-order valence-electron chi connectivity index (χ0n) is 15.4. The minimum atomic E-state index is -0.0639. The molecular formula is C20H25ClN4O. The van der Waals surface area contributed by atoms with Gasteiger partial charge in [0, 0.05) is 44.8 Å². The van der Waals surface area contributed by atoms with E-state index in [0.29, 0.717) is 0 Å². The van der Waals surface area contributed by atoms with E-state index in [-0.39, 0.29) is 5.91 Å². The maximum absolute atomic E-state index is 11.0. The molecular weight excluding hydrogens is 348 g/mol. The summed E-state index contributed by atoms with van der Waals surface area (Å²) in [4.78, 5) is 17.4. The number of nitrogens with one attached hydrogen (secondary N) is 2. The average molecular weight is 373 g/mol. The molecule has 138 valence electrons. The lowest BCUT2D eigenvalue weighted by molar-refractivity contribution is -0.114. The molecule has 0 spiro atoms. The summed E-state index contributed by atoms with van der Waals surface area (Å²) in [6.45, 7) is 3.00. The largest absolute Gasteiger partial charge is 0.356 e. The van der Waals surface area contributed by atoms with Gasteiger partial charge in [0.25, 0.3) is 0 Å². The van der Waals surface area contributed by atoms with Gasteiger partial charge in [-0.1, -0.05) is 35.9 Å². The Kier molecular flexibility index (Phi) is 7.48. The number of carbonyl (C=O) groups is 1. The Morgan fingerprint density at radius 3 is 2.50 bits per heavy atom. The number of rotatable bonds is 6. The zero-order valence-corrected chi connectivity index (χ0v) is 16.2. The number of guanidine groups is 1. The van der Waals surface area contributed by atoms with E-state index in [2.05, 4.69) is 20.5 Å². The van der Waals surface area contributed by atoms with Crippen molar-refractivity contribution < 1.29 is 4.79 Å². The van der Waals surface area contributed by atoms with E-state index in [4.69, 9.17) is 11.6 Å². The smallest absolute Gasteiger partial charge is 0.221 e. The van der Waals surface area contributed by atoms with E-state index in [0.717, 1.165) is 41.7 Å². The molecule has 0 fully saturated rings. The van der Waals surface area contributed by atoms with Crippen molar-refractivity contribution in [3.63, 3.8) is 0 Å². The number of halogens is 1. The van der Waals surface area contributed by atoms with E-state index in [1.807, 2.05) is 55.6 Å². The summed E-state index contributed by atoms with van der Waals surface area (Å²) >= 11 is 6.04. The van der Waals surface area contributed by atoms with Crippen LogP contribution in [0, 0.1) is 0 Å². The standard InChI is InChI=1S/C20H25ClN4O/c1-15(26)24-19-9-7-16(8-10-19)11-12-23-20(22-2)25(3)14-17-5-4-6-18(21)13-17/h4-10,13H,11-12,14H2,1-3H3,(H,22,23)(H,24,26). The van der Waals surface area contributed by atoms with E-state index in [1.54, 1.807) is 7.05 Å². The number of carbonyl (C=O) groups excluding carboxylic acids is 1. The summed E-state index contributed by atoms with van der Waals surface area (Å²) < 4.78 is 0. The number of anilines is 1. The Morgan fingerprint density at radius 2 is 1.88 bits per heavy atom. The normalized spacial score (nSPS) is 11.2. The van der Waals surface area contributed by atoms with E-state index in [9.17, 15) is 4.79 Å². The summed E-state index contributed by atoms with van der Waals surface area (Å²) in [5.41, 5.74) is 3.14. The van der Waals surface area contributed by atoms with Gasteiger partial charge >= 0.3 is 0 Å². The van der Waals surface area contributed by atoms with Crippen molar-refractivity contribution in [1.82, 2.24) is 10.2 Å². The summed E-state index contributed by atoms with van der Waals surface area (Å²) in [6.07, 6.45) is 0.865. The third-order valence-electron chi connectivity index (χ3n) is 3.85. The van der Waals surface area contributed by atoms with Gasteiger partial charge in [0.05, 0.1) is 0 Å². The van der Waals surface area contributed by atoms with Crippen molar-refractivity contribution in [3.8, 4) is 0 Å². The number of hydrogen-bond acceptors (Lipinski definition) is 2. The van der Waals surface area contributed by atoms with Crippen molar-refractivity contribution in [2.24, 2.45) is 4.99 Å². The topological polar surface area (TPSA) is 56.7 Å². The van der Waals surface area contributed by atoms with Crippen LogP contribution in [0.2, 0.25) is 5.02 Å². The molecule has 5 nitrogen and oxygen atoms in total. The first-order valence-corrected chi connectivity index (χ1v) is 8.88. The molecule has 0 atom stereocenters. The van der Waals surface area contributed by atoms with Crippen molar-refractivity contribution in [1.29, 1.82) is 0 Å². The van der Waals surface area contributed by atoms with Crippen LogP contribution in [0.4, 0.5) is 5.69 Å². The van der Waals surface area contributed by atoms with Gasteiger partial charge < -0.3 is 15.5 Å². The average Bonchev–Trinajstić information content (AvgIpc) is 2.59. The van der Waals surface area contributed by atoms with Gasteiger partial charge in [-0.05, 0) is 41.8 Å². The number of hydrogen-bond donors (Lipinski definition) is 2. The minimum Gasteiger partial charge on any atom is -0.356 e. The van der Waals surface area contributed by atoms with E-state index < -0.39 is 0 Å². The van der Waals surface area contributed by atoms with Crippen molar-refractivity contribution in [2.75, 3.05) is 26.0 Å². The van der Waals surface area contributed by atoms with Crippen molar-refractivity contribution in [3.05, 3.63) is 64.7 Å². The van der Waals surface area contributed by atoms with Crippen LogP contribution in [0.1, 0.15) is 18.1 Å². The van der Waals surface area contributed by atoms with Gasteiger partial charge in [-0.25, -0.2) is 0 Å². The Morgan fingerprint density at radius 1 is 1.15 bits per heavy atom. The lowest BCUT2D eigenvalue weighted by atomic mass is 10.1. The maximum atomic E-state index is 11.0. The number of nitrogens with zero attached hydrogens (tertiary/aromatic N) is 2. The summed E-state index contributed by atoms with van der Waals surface area (Å²) in [5, 5.41) is 6.88. The van der Waals surface area contributed by atoms with Crippen LogP contribution in [0.15, 0.2) is 53.5 Å². The van der Waals surface area contributed by atoms with E-state index in [1.165, 1.54) is 12.5 Å². The van der Waals surface area contributed by atoms with Crippen LogP contribution in [0.3, 0.4) is 0 Å². The fourth-order valence-electron chi connectivity index (χ4n) is 2.65. The summed E-state index contributed by atoms with van der Waals surface area (Å²) in [5.74, 6) is 0.769. The number of amides is 1. The highest BCUT2D eigenvalue weighted by molar-refractivity contribution is 6.30. The van der Waals surface area contributed by atoms with Crippen molar-refractivity contribution >= 4 is 29.2 Å². The Hall–Kier alpha value is -2.53. The Balaban J connectivity index is 1.83. The highest BCUT2D eigenvalue weighted by Crippen LogP contribution is 2.12. The van der Waals surface area contributed by atoms with Crippen molar-refractivity contribution in [2.45, 2.75) is 19.9 Å². The number of benzene rings is 2. The van der Waals surface area contributed by atoms with Gasteiger partial charge in [-0.2, -0.15) is 0 Å². The van der Waals surface area contributed by atoms with Crippen LogP contribution in [-0.4, -0.2) is 37.4 Å². The molecule has 0 aliphatic rings. The predicted octanol–water partition coefficient (Wildman–Crippen LogP) is 3.55. The first kappa shape index (κ1) is 19.8. The molecule has 2 aromatic rings. The van der Waals surface area contributed by atoms with E-state index >= 15 is 0 Å². The fraction of sp³-hybridized carbons (Fsp3) is 0.300. The van der Waals surface area contributed by atoms with Gasteiger partial charge in [-0.3, -0.25) is 9.79 Å². The third-order valence-corrected chi connectivity index (χ3v) is 4.09. The minimum absolute atomic E-state index is 0.0639. The Bertz CT molecular complexity index is 759. The molecule has 0 saturated carbocycles. The molecule has 0 aromatic heterocycles. The highest BCUT2D eigenvalue weighted by Gasteiger charge is 2.07. The molecule has 0 aliphatic heterocycles. The third kappa shape index (κ3) is 6.41. The highest BCUT2D eigenvalue weighted by atomic mass is 35.5. The van der Waals surface area contributed by atoms with Gasteiger partial charge in [0.2, 0.25) is 5.91 Å². The molecule has 0 unspecified atom stereocenters. The van der Waals surface area contributed by atoms with Gasteiger partial charge in [-0.15, -0.1) is 0 Å². The van der Waals surface area contributed by atoms with Gasteiger partial charge in [0.15, 0.2) is 5.96 Å². The lowest BCUT2D eigenvalue weighted by Crippen LogP contribution is -2.39. The first-order chi connectivity index (χ1) is 12.5. The predicted molar refractivity (Wildman–Crippen MR) is 109 cm³/mol. The zero-order chi connectivity index (χ0) is 18.9. The second-order valence-electron chi connectivity index (χ2n) is 6.09. The fourth-order valence-corrected chi connectivity index (χ4v) is 2.86. The maximum Gasteiger partial charge on any atom is 0.221 e. The molecule has 0 radical (unpaired) electrons. The Labute approximate surface area is 160 Å². The molecule has 0 bridgehead atoms. The van der Waals surface area contributed by atoms with Gasteiger partial charge in [0.1, 0.15) is 0 Å².